The van der Waals surface area contributed by atoms with Gasteiger partial charge in [0, 0.05) is 12.8 Å². The average molecular weight is 142 g/mol. The Morgan fingerprint density at radius 1 is 1.60 bits per heavy atom. The summed E-state index contributed by atoms with van der Waals surface area (Å²) in [6.45, 7) is 0. The smallest absolute Gasteiger partial charge is 0.352 e. The van der Waals surface area contributed by atoms with Crippen LogP contribution in [-0.4, -0.2) is 22.7 Å². The highest BCUT2D eigenvalue weighted by molar-refractivity contribution is 6.36. The number of nitrogens with one attached hydrogen (secondary N) is 1. The highest BCUT2D eigenvalue weighted by Gasteiger charge is 2.16. The highest BCUT2D eigenvalue weighted by atomic mass is 16.4. The molecular weight excluding hydrogens is 136 g/mol. The lowest BCUT2D eigenvalue weighted by Crippen LogP contribution is -2.29. The minimum Gasteiger partial charge on any atom is -0.477 e. The Bertz CT molecular complexity index is 209. The number of carboxylic acids is 1. The lowest BCUT2D eigenvalue weighted by atomic mass is 10.2. The first-order valence-electron chi connectivity index (χ1n) is 2.79. The van der Waals surface area contributed by atoms with Crippen molar-refractivity contribution in [2.24, 2.45) is 5.10 Å². The summed E-state index contributed by atoms with van der Waals surface area (Å²) in [4.78, 5) is 20.6. The molecule has 1 aliphatic heterocycles. The second-order valence-electron chi connectivity index (χ2n) is 1.90. The lowest BCUT2D eigenvalue weighted by molar-refractivity contribution is -0.129. The molecule has 10 heavy (non-hydrogen) atoms. The van der Waals surface area contributed by atoms with Gasteiger partial charge in [-0.2, -0.15) is 5.10 Å². The van der Waals surface area contributed by atoms with Gasteiger partial charge in [-0.05, 0) is 0 Å². The molecule has 1 heterocycles. The second kappa shape index (κ2) is 2.47. The van der Waals surface area contributed by atoms with E-state index in [0.29, 0.717) is 0 Å². The Kier molecular flexibility index (Phi) is 1.66. The maximum Gasteiger partial charge on any atom is 0.352 e. The van der Waals surface area contributed by atoms with Crippen LogP contribution in [0.2, 0.25) is 0 Å². The molecule has 0 bridgehead atoms. The molecule has 5 nitrogen and oxygen atoms in total. The number of carboxylic acid groups (broad SMARTS) is 1. The SMILES string of the molecule is O=C1CCC(C(=O)O)=NN1. The first-order valence-corrected chi connectivity index (χ1v) is 2.79. The molecule has 54 valence electrons. The fourth-order valence-electron chi connectivity index (χ4n) is 0.628. The number of amides is 1. The molecular formula is C5H6N2O3. The molecule has 0 atom stereocenters. The number of rotatable bonds is 1. The van der Waals surface area contributed by atoms with Crippen LogP contribution in [-0.2, 0) is 9.59 Å². The van der Waals surface area contributed by atoms with Crippen LogP contribution in [0.3, 0.4) is 0 Å². The molecule has 0 aromatic heterocycles. The van der Waals surface area contributed by atoms with Gasteiger partial charge in [0.05, 0.1) is 0 Å². The topological polar surface area (TPSA) is 78.8 Å². The van der Waals surface area contributed by atoms with Gasteiger partial charge in [0.1, 0.15) is 5.71 Å². The third-order valence-electron chi connectivity index (χ3n) is 1.15. The number of carbonyl (C=O) groups is 2. The normalized spacial score (nSPS) is 17.6. The quantitative estimate of drug-likeness (QED) is 0.510. The fourth-order valence-corrected chi connectivity index (χ4v) is 0.628. The van der Waals surface area contributed by atoms with Crippen LogP contribution in [0.5, 0.6) is 0 Å². The van der Waals surface area contributed by atoms with Gasteiger partial charge in [0.15, 0.2) is 0 Å². The maximum absolute atomic E-state index is 10.4. The van der Waals surface area contributed by atoms with E-state index < -0.39 is 5.97 Å². The van der Waals surface area contributed by atoms with Gasteiger partial charge in [-0.1, -0.05) is 0 Å². The molecule has 0 saturated heterocycles. The van der Waals surface area contributed by atoms with E-state index in [4.69, 9.17) is 5.11 Å². The summed E-state index contributed by atoms with van der Waals surface area (Å²) in [5.41, 5.74) is 2.10. The van der Waals surface area contributed by atoms with E-state index in [1.54, 1.807) is 0 Å². The molecule has 0 aliphatic carbocycles. The molecule has 0 fully saturated rings. The highest BCUT2D eigenvalue weighted by Crippen LogP contribution is 1.98. The van der Waals surface area contributed by atoms with E-state index in [2.05, 4.69) is 10.5 Å². The predicted octanol–water partition coefficient (Wildman–Crippen LogP) is -0.663. The summed E-state index contributed by atoms with van der Waals surface area (Å²) in [6.07, 6.45) is 0.437. The Labute approximate surface area is 56.7 Å². The summed E-state index contributed by atoms with van der Waals surface area (Å²) in [6, 6.07) is 0. The van der Waals surface area contributed by atoms with Crippen LogP contribution >= 0.6 is 0 Å². The van der Waals surface area contributed by atoms with Gasteiger partial charge in [-0.25, -0.2) is 10.2 Å². The Morgan fingerprint density at radius 3 is 2.70 bits per heavy atom. The minimum atomic E-state index is -1.07. The van der Waals surface area contributed by atoms with Crippen molar-refractivity contribution in [2.75, 3.05) is 0 Å². The van der Waals surface area contributed by atoms with Gasteiger partial charge >= 0.3 is 5.97 Å². The molecule has 0 spiro atoms. The van der Waals surface area contributed by atoms with Crippen LogP contribution in [0.25, 0.3) is 0 Å². The Morgan fingerprint density at radius 2 is 2.30 bits per heavy atom. The van der Waals surface area contributed by atoms with Crippen LogP contribution in [0, 0.1) is 0 Å². The third-order valence-corrected chi connectivity index (χ3v) is 1.15. The van der Waals surface area contributed by atoms with Gasteiger partial charge in [-0.15, -0.1) is 0 Å². The first kappa shape index (κ1) is 6.73. The largest absolute Gasteiger partial charge is 0.477 e. The molecule has 0 aromatic rings. The van der Waals surface area contributed by atoms with Crippen molar-refractivity contribution < 1.29 is 14.7 Å². The number of carbonyl (C=O) groups excluding carboxylic acids is 1. The van der Waals surface area contributed by atoms with E-state index in [-0.39, 0.29) is 24.5 Å². The standard InChI is InChI=1S/C5H6N2O3/c8-4-2-1-3(5(9)10)6-7-4/h1-2H2,(H,7,8)(H,9,10). The molecule has 0 unspecified atom stereocenters. The zero-order valence-electron chi connectivity index (χ0n) is 5.13. The number of hydrogen-bond donors (Lipinski definition) is 2. The molecule has 0 saturated carbocycles. The summed E-state index contributed by atoms with van der Waals surface area (Å²) in [5, 5.41) is 11.7. The molecule has 0 aromatic carbocycles. The number of nitrogens with zero attached hydrogens (tertiary/aromatic N) is 1. The summed E-state index contributed by atoms with van der Waals surface area (Å²) >= 11 is 0. The van der Waals surface area contributed by atoms with E-state index in [1.165, 1.54) is 0 Å². The van der Waals surface area contributed by atoms with Crippen molar-refractivity contribution in [3.63, 3.8) is 0 Å². The zero-order valence-corrected chi connectivity index (χ0v) is 5.13. The van der Waals surface area contributed by atoms with Gasteiger partial charge in [0.25, 0.3) is 0 Å². The van der Waals surface area contributed by atoms with Crippen LogP contribution in [0.1, 0.15) is 12.8 Å². The predicted molar refractivity (Wildman–Crippen MR) is 32.4 cm³/mol. The van der Waals surface area contributed by atoms with Crippen LogP contribution in [0.4, 0.5) is 0 Å². The summed E-state index contributed by atoms with van der Waals surface area (Å²) in [7, 11) is 0. The van der Waals surface area contributed by atoms with Crippen LogP contribution < -0.4 is 5.43 Å². The van der Waals surface area contributed by atoms with Crippen molar-refractivity contribution in [3.05, 3.63) is 0 Å². The Balaban J connectivity index is 2.65. The fraction of sp³-hybridized carbons (Fsp3) is 0.400. The van der Waals surface area contributed by atoms with Crippen molar-refractivity contribution in [2.45, 2.75) is 12.8 Å². The second-order valence-corrected chi connectivity index (χ2v) is 1.90. The monoisotopic (exact) mass is 142 g/mol. The maximum atomic E-state index is 10.4. The van der Waals surface area contributed by atoms with Crippen molar-refractivity contribution >= 4 is 17.6 Å². The summed E-state index contributed by atoms with van der Waals surface area (Å²) < 4.78 is 0. The molecule has 1 rings (SSSR count). The minimum absolute atomic E-state index is 0.0135. The summed E-state index contributed by atoms with van der Waals surface area (Å²) in [5.74, 6) is -1.30. The van der Waals surface area contributed by atoms with E-state index in [1.807, 2.05) is 0 Å². The van der Waals surface area contributed by atoms with E-state index >= 15 is 0 Å². The number of hydrogen-bond acceptors (Lipinski definition) is 3. The lowest BCUT2D eigenvalue weighted by Gasteiger charge is -2.06. The third kappa shape index (κ3) is 1.31. The molecule has 0 radical (unpaired) electrons. The van der Waals surface area contributed by atoms with Gasteiger partial charge in [0.2, 0.25) is 5.91 Å². The van der Waals surface area contributed by atoms with Crippen LogP contribution in [0.15, 0.2) is 5.10 Å². The van der Waals surface area contributed by atoms with Crippen molar-refractivity contribution in [1.82, 2.24) is 5.43 Å². The van der Waals surface area contributed by atoms with E-state index in [0.717, 1.165) is 0 Å². The van der Waals surface area contributed by atoms with Crippen molar-refractivity contribution in [3.8, 4) is 0 Å². The molecule has 1 aliphatic rings. The van der Waals surface area contributed by atoms with E-state index in [9.17, 15) is 9.59 Å². The number of hydrazone groups is 1. The van der Waals surface area contributed by atoms with Gasteiger partial charge < -0.3 is 5.11 Å². The Hall–Kier alpha value is -1.39. The molecule has 2 N–H and O–H groups in total. The van der Waals surface area contributed by atoms with Gasteiger partial charge in [-0.3, -0.25) is 4.79 Å². The molecule has 5 heteroatoms. The first-order chi connectivity index (χ1) is 4.70. The zero-order chi connectivity index (χ0) is 7.56. The molecule has 1 amide bonds. The average Bonchev–Trinajstić information content (AvgIpc) is 1.88. The van der Waals surface area contributed by atoms with Crippen molar-refractivity contribution in [1.29, 1.82) is 0 Å². The number of aliphatic carboxylic acids is 1.